The summed E-state index contributed by atoms with van der Waals surface area (Å²) in [5.74, 6) is 3.02. The molecule has 0 aromatic carbocycles. The molecule has 0 aliphatic heterocycles. The van der Waals surface area contributed by atoms with Gasteiger partial charge in [0.15, 0.2) is 0 Å². The van der Waals surface area contributed by atoms with Gasteiger partial charge in [0, 0.05) is 18.8 Å². The van der Waals surface area contributed by atoms with E-state index in [4.69, 9.17) is 5.11 Å². The quantitative estimate of drug-likeness (QED) is 0.685. The topological polar surface area (TPSA) is 54.4 Å². The maximum absolute atomic E-state index is 13.3. The lowest BCUT2D eigenvalue weighted by atomic mass is 9.44. The molecule has 0 heterocycles. The Hall–Kier alpha value is -0.860. The average molecular weight is 375 g/mol. The van der Waals surface area contributed by atoms with Gasteiger partial charge < -0.3 is 5.11 Å². The van der Waals surface area contributed by atoms with E-state index in [9.17, 15) is 9.59 Å². The van der Waals surface area contributed by atoms with Gasteiger partial charge in [0.2, 0.25) is 0 Å². The molecule has 0 bridgehead atoms. The van der Waals surface area contributed by atoms with Crippen LogP contribution >= 0.6 is 0 Å². The largest absolute Gasteiger partial charge is 0.481 e. The molecule has 8 atom stereocenters. The summed E-state index contributed by atoms with van der Waals surface area (Å²) in [6, 6.07) is 0. The summed E-state index contributed by atoms with van der Waals surface area (Å²) in [7, 11) is 0. The molecule has 4 aliphatic rings. The highest BCUT2D eigenvalue weighted by atomic mass is 16.4. The van der Waals surface area contributed by atoms with Crippen LogP contribution in [0.2, 0.25) is 0 Å². The summed E-state index contributed by atoms with van der Waals surface area (Å²) in [5, 5.41) is 9.08. The lowest BCUT2D eigenvalue weighted by molar-refractivity contribution is -0.156. The third kappa shape index (κ3) is 2.99. The monoisotopic (exact) mass is 374 g/mol. The van der Waals surface area contributed by atoms with Gasteiger partial charge in [-0.2, -0.15) is 0 Å². The highest BCUT2D eigenvalue weighted by Gasteiger charge is 2.62. The molecule has 0 amide bonds. The first kappa shape index (κ1) is 19.5. The fourth-order valence-corrected chi connectivity index (χ4v) is 8.49. The molecular formula is C24H38O3. The summed E-state index contributed by atoms with van der Waals surface area (Å²) in [6.07, 6.45) is 12.0. The number of carbonyl (C=O) groups is 2. The first-order valence-corrected chi connectivity index (χ1v) is 11.5. The minimum atomic E-state index is -0.677. The Morgan fingerprint density at radius 1 is 1.07 bits per heavy atom. The maximum Gasteiger partial charge on any atom is 0.303 e. The van der Waals surface area contributed by atoms with Crippen LogP contribution in [0.25, 0.3) is 0 Å². The molecule has 4 saturated carbocycles. The van der Waals surface area contributed by atoms with Crippen molar-refractivity contribution in [2.24, 2.45) is 46.3 Å². The zero-order chi connectivity index (χ0) is 19.4. The molecule has 0 aromatic rings. The van der Waals surface area contributed by atoms with E-state index in [-0.39, 0.29) is 11.8 Å². The molecule has 152 valence electrons. The van der Waals surface area contributed by atoms with Crippen LogP contribution in [0, 0.1) is 46.3 Å². The van der Waals surface area contributed by atoms with Gasteiger partial charge in [-0.1, -0.05) is 33.6 Å². The normalized spacial score (nSPS) is 47.7. The molecule has 4 aliphatic carbocycles. The zero-order valence-corrected chi connectivity index (χ0v) is 17.5. The van der Waals surface area contributed by atoms with Crippen LogP contribution in [0.5, 0.6) is 0 Å². The summed E-state index contributed by atoms with van der Waals surface area (Å²) < 4.78 is 0. The number of carboxylic acids is 1. The maximum atomic E-state index is 13.3. The van der Waals surface area contributed by atoms with Gasteiger partial charge in [0.1, 0.15) is 5.78 Å². The van der Waals surface area contributed by atoms with Gasteiger partial charge in [0.25, 0.3) is 0 Å². The van der Waals surface area contributed by atoms with Crippen LogP contribution in [0.4, 0.5) is 0 Å². The highest BCUT2D eigenvalue weighted by molar-refractivity contribution is 5.83. The summed E-state index contributed by atoms with van der Waals surface area (Å²) in [5.41, 5.74) is 0.637. The lowest BCUT2D eigenvalue weighted by Gasteiger charge is -2.60. The summed E-state index contributed by atoms with van der Waals surface area (Å²) >= 11 is 0. The fraction of sp³-hybridized carbons (Fsp3) is 0.917. The molecule has 3 nitrogen and oxygen atoms in total. The molecule has 1 N–H and O–H groups in total. The third-order valence-corrected chi connectivity index (χ3v) is 9.96. The predicted molar refractivity (Wildman–Crippen MR) is 106 cm³/mol. The van der Waals surface area contributed by atoms with E-state index >= 15 is 0 Å². The van der Waals surface area contributed by atoms with Crippen molar-refractivity contribution in [2.75, 3.05) is 0 Å². The van der Waals surface area contributed by atoms with Crippen LogP contribution in [-0.4, -0.2) is 16.9 Å². The summed E-state index contributed by atoms with van der Waals surface area (Å²) in [4.78, 5) is 24.4. The average Bonchev–Trinajstić information content (AvgIpc) is 2.97. The number of hydrogen-bond acceptors (Lipinski definition) is 2. The smallest absolute Gasteiger partial charge is 0.303 e. The van der Waals surface area contributed by atoms with Crippen molar-refractivity contribution in [1.29, 1.82) is 0 Å². The minimum absolute atomic E-state index is 0.243. The van der Waals surface area contributed by atoms with Gasteiger partial charge >= 0.3 is 5.97 Å². The SMILES string of the molecule is C[C@@H](CCC(=O)O)[C@H]1CCC2C3C(=O)C[C@@H]4CCCC[C@]4(C)C3CC[C@@]21C. The molecule has 27 heavy (non-hydrogen) atoms. The molecule has 0 aromatic heterocycles. The van der Waals surface area contributed by atoms with Gasteiger partial charge in [-0.05, 0) is 85.4 Å². The van der Waals surface area contributed by atoms with Gasteiger partial charge in [0.05, 0.1) is 0 Å². The molecular weight excluding hydrogens is 336 g/mol. The molecule has 4 rings (SSSR count). The zero-order valence-electron chi connectivity index (χ0n) is 17.5. The molecule has 0 spiro atoms. The van der Waals surface area contributed by atoms with E-state index in [0.717, 1.165) is 12.8 Å². The van der Waals surface area contributed by atoms with E-state index in [2.05, 4.69) is 20.8 Å². The minimum Gasteiger partial charge on any atom is -0.481 e. The van der Waals surface area contributed by atoms with Crippen molar-refractivity contribution in [1.82, 2.24) is 0 Å². The first-order valence-electron chi connectivity index (χ1n) is 11.5. The Labute approximate surface area is 164 Å². The number of fused-ring (bicyclic) bond motifs is 5. The number of carboxylic acid groups (broad SMARTS) is 1. The van der Waals surface area contributed by atoms with Crippen LogP contribution in [0.15, 0.2) is 0 Å². The Balaban J connectivity index is 1.57. The Kier molecular flexibility index (Phi) is 4.96. The van der Waals surface area contributed by atoms with Crippen LogP contribution in [-0.2, 0) is 9.59 Å². The van der Waals surface area contributed by atoms with Crippen molar-refractivity contribution in [3.63, 3.8) is 0 Å². The van der Waals surface area contributed by atoms with Crippen molar-refractivity contribution < 1.29 is 14.7 Å². The van der Waals surface area contributed by atoms with Crippen LogP contribution in [0.3, 0.4) is 0 Å². The second-order valence-corrected chi connectivity index (χ2v) is 11.0. The number of rotatable bonds is 4. The van der Waals surface area contributed by atoms with E-state index in [0.29, 0.717) is 46.7 Å². The second kappa shape index (κ2) is 6.88. The van der Waals surface area contributed by atoms with Crippen molar-refractivity contribution in [3.05, 3.63) is 0 Å². The summed E-state index contributed by atoms with van der Waals surface area (Å²) in [6.45, 7) is 7.23. The van der Waals surface area contributed by atoms with Gasteiger partial charge in [-0.25, -0.2) is 0 Å². The number of aliphatic carboxylic acids is 1. The Morgan fingerprint density at radius 3 is 2.56 bits per heavy atom. The molecule has 3 heteroatoms. The van der Waals surface area contributed by atoms with Gasteiger partial charge in [-0.3, -0.25) is 9.59 Å². The second-order valence-electron chi connectivity index (χ2n) is 11.0. The van der Waals surface area contributed by atoms with E-state index in [1.54, 1.807) is 0 Å². The Bertz CT molecular complexity index is 613. The van der Waals surface area contributed by atoms with Crippen molar-refractivity contribution in [2.45, 2.75) is 91.4 Å². The molecule has 3 unspecified atom stereocenters. The number of Topliss-reactive ketones (excluding diaryl/α,β-unsaturated/α-hetero) is 1. The van der Waals surface area contributed by atoms with Crippen LogP contribution < -0.4 is 0 Å². The van der Waals surface area contributed by atoms with E-state index < -0.39 is 5.97 Å². The molecule has 0 saturated heterocycles. The van der Waals surface area contributed by atoms with Crippen molar-refractivity contribution >= 4 is 11.8 Å². The predicted octanol–water partition coefficient (Wildman–Crippen LogP) is 5.72. The lowest BCUT2D eigenvalue weighted by Crippen LogP contribution is -2.56. The van der Waals surface area contributed by atoms with Crippen molar-refractivity contribution in [3.8, 4) is 0 Å². The Morgan fingerprint density at radius 2 is 1.81 bits per heavy atom. The third-order valence-electron chi connectivity index (χ3n) is 9.96. The molecule has 4 fully saturated rings. The standard InChI is InChI=1S/C24H38O3/c1-15(7-10-21(26)27)17-8-9-18-22-19(11-13-24(17,18)3)23(2)12-5-4-6-16(23)14-20(22)25/h15-19,22H,4-14H2,1-3H3,(H,26,27)/t15-,16-,17+,18?,19?,22?,23-,24+/m0/s1. The molecule has 0 radical (unpaired) electrons. The van der Waals surface area contributed by atoms with Crippen LogP contribution in [0.1, 0.15) is 91.4 Å². The first-order chi connectivity index (χ1) is 12.8. The van der Waals surface area contributed by atoms with E-state index in [1.807, 2.05) is 0 Å². The fourth-order valence-electron chi connectivity index (χ4n) is 8.49. The number of hydrogen-bond donors (Lipinski definition) is 1. The number of carbonyl (C=O) groups excluding carboxylic acids is 1. The highest BCUT2D eigenvalue weighted by Crippen LogP contribution is 2.67. The van der Waals surface area contributed by atoms with Gasteiger partial charge in [-0.15, -0.1) is 0 Å². The number of ketones is 1. The van der Waals surface area contributed by atoms with E-state index in [1.165, 1.54) is 51.4 Å².